The van der Waals surface area contributed by atoms with Crippen LogP contribution in [0.4, 0.5) is 0 Å². The molecule has 0 radical (unpaired) electrons. The van der Waals surface area contributed by atoms with Crippen molar-refractivity contribution >= 4 is 34.7 Å². The molecule has 0 spiro atoms. The van der Waals surface area contributed by atoms with Gasteiger partial charge < -0.3 is 19.6 Å². The number of carbonyl (C=O) groups is 3. The van der Waals surface area contributed by atoms with Crippen LogP contribution in [0, 0.1) is 0 Å². The van der Waals surface area contributed by atoms with Crippen molar-refractivity contribution in [3.05, 3.63) is 58.3 Å². The number of hydrogen-bond donors (Lipinski definition) is 0. The standard InChI is InChI=1S/C24H29N5O3S/c1-16-21(23(32)26(3)4)22(18-8-6-5-7-9-18)29-19(15-33-24(29)25-16)14-20(31)28-12-10-27(11-13-28)17(2)30/h5-9,15,22H,10-14H2,1-4H3. The topological polar surface area (TPSA) is 76.5 Å². The zero-order valence-corrected chi connectivity index (χ0v) is 20.3. The van der Waals surface area contributed by atoms with E-state index in [0.29, 0.717) is 37.4 Å². The molecule has 0 bridgehead atoms. The number of hydrogen-bond acceptors (Lipinski definition) is 6. The average Bonchev–Trinajstić information content (AvgIpc) is 3.20. The monoisotopic (exact) mass is 467 g/mol. The third kappa shape index (κ3) is 4.55. The smallest absolute Gasteiger partial charge is 0.253 e. The minimum atomic E-state index is -0.350. The van der Waals surface area contributed by atoms with Crippen molar-refractivity contribution < 1.29 is 14.4 Å². The third-order valence-electron chi connectivity index (χ3n) is 6.16. The largest absolute Gasteiger partial charge is 0.345 e. The number of allylic oxidation sites excluding steroid dienone is 1. The van der Waals surface area contributed by atoms with Gasteiger partial charge in [-0.25, -0.2) is 4.99 Å². The van der Waals surface area contributed by atoms with Crippen molar-refractivity contribution in [3.63, 3.8) is 0 Å². The van der Waals surface area contributed by atoms with Crippen molar-refractivity contribution in [1.29, 1.82) is 0 Å². The minimum Gasteiger partial charge on any atom is -0.345 e. The molecule has 1 saturated heterocycles. The summed E-state index contributed by atoms with van der Waals surface area (Å²) in [6, 6.07) is 9.53. The number of carbonyl (C=O) groups excluding carboxylic acids is 3. The van der Waals surface area contributed by atoms with Crippen LogP contribution in [-0.2, 0) is 14.4 Å². The second kappa shape index (κ2) is 9.43. The van der Waals surface area contributed by atoms with Gasteiger partial charge in [0.25, 0.3) is 5.91 Å². The van der Waals surface area contributed by atoms with Gasteiger partial charge >= 0.3 is 0 Å². The van der Waals surface area contributed by atoms with Crippen LogP contribution in [0.15, 0.2) is 57.7 Å². The number of benzene rings is 1. The average molecular weight is 468 g/mol. The van der Waals surface area contributed by atoms with Crippen LogP contribution in [0.3, 0.4) is 0 Å². The van der Waals surface area contributed by atoms with E-state index in [9.17, 15) is 14.4 Å². The molecule has 4 rings (SSSR count). The molecule has 33 heavy (non-hydrogen) atoms. The Morgan fingerprint density at radius 3 is 2.30 bits per heavy atom. The number of amidine groups is 1. The Hall–Kier alpha value is -3.07. The Kier molecular flexibility index (Phi) is 6.60. The van der Waals surface area contributed by atoms with E-state index in [0.717, 1.165) is 16.4 Å². The molecule has 0 aliphatic carbocycles. The second-order valence-corrected chi connectivity index (χ2v) is 9.40. The van der Waals surface area contributed by atoms with Gasteiger partial charge in [-0.3, -0.25) is 14.4 Å². The molecule has 3 aliphatic heterocycles. The van der Waals surface area contributed by atoms with Gasteiger partial charge in [0.1, 0.15) is 0 Å². The van der Waals surface area contributed by atoms with E-state index >= 15 is 0 Å². The highest BCUT2D eigenvalue weighted by atomic mass is 32.2. The Bertz CT molecular complexity index is 1060. The molecule has 1 atom stereocenters. The summed E-state index contributed by atoms with van der Waals surface area (Å²) < 4.78 is 0. The first kappa shape index (κ1) is 23.1. The second-order valence-electron chi connectivity index (χ2n) is 8.57. The first-order valence-electron chi connectivity index (χ1n) is 11.0. The molecule has 8 nitrogen and oxygen atoms in total. The third-order valence-corrected chi connectivity index (χ3v) is 7.05. The lowest BCUT2D eigenvalue weighted by atomic mass is 9.93. The van der Waals surface area contributed by atoms with E-state index in [1.54, 1.807) is 30.8 Å². The molecule has 1 fully saturated rings. The molecule has 0 saturated carbocycles. The first-order chi connectivity index (χ1) is 15.8. The maximum Gasteiger partial charge on any atom is 0.253 e. The van der Waals surface area contributed by atoms with Crippen LogP contribution in [0.2, 0.25) is 0 Å². The zero-order chi connectivity index (χ0) is 23.7. The van der Waals surface area contributed by atoms with Gasteiger partial charge in [-0.15, -0.1) is 0 Å². The van der Waals surface area contributed by atoms with Gasteiger partial charge in [0.2, 0.25) is 11.8 Å². The van der Waals surface area contributed by atoms with Gasteiger partial charge in [-0.1, -0.05) is 42.1 Å². The summed E-state index contributed by atoms with van der Waals surface area (Å²) in [5.41, 5.74) is 3.13. The molecule has 9 heteroatoms. The Labute approximate surface area is 198 Å². The predicted molar refractivity (Wildman–Crippen MR) is 129 cm³/mol. The highest BCUT2D eigenvalue weighted by Crippen LogP contribution is 2.44. The van der Waals surface area contributed by atoms with Gasteiger partial charge in [-0.05, 0) is 17.9 Å². The van der Waals surface area contributed by atoms with Gasteiger partial charge in [0, 0.05) is 52.9 Å². The van der Waals surface area contributed by atoms with Crippen LogP contribution in [0.5, 0.6) is 0 Å². The van der Waals surface area contributed by atoms with Crippen molar-refractivity contribution in [2.45, 2.75) is 26.3 Å². The quantitative estimate of drug-likeness (QED) is 0.680. The van der Waals surface area contributed by atoms with Crippen molar-refractivity contribution in [1.82, 2.24) is 19.6 Å². The lowest BCUT2D eigenvalue weighted by Gasteiger charge is -2.38. The highest BCUT2D eigenvalue weighted by Gasteiger charge is 2.41. The van der Waals surface area contributed by atoms with E-state index in [1.165, 1.54) is 11.8 Å². The van der Waals surface area contributed by atoms with E-state index < -0.39 is 0 Å². The van der Waals surface area contributed by atoms with Crippen LogP contribution in [0.25, 0.3) is 0 Å². The Morgan fingerprint density at radius 1 is 1.06 bits per heavy atom. The van der Waals surface area contributed by atoms with Gasteiger partial charge in [0.05, 0.1) is 23.7 Å². The Balaban J connectivity index is 1.60. The number of likely N-dealkylation sites (N-methyl/N-ethyl adjacent to an activating group) is 1. The number of aliphatic imine (C=N–C) groups is 1. The maximum atomic E-state index is 13.2. The number of piperazine rings is 1. The maximum absolute atomic E-state index is 13.2. The van der Waals surface area contributed by atoms with Crippen molar-refractivity contribution in [2.24, 2.45) is 4.99 Å². The molecule has 3 amide bonds. The number of fused-ring (bicyclic) bond motifs is 1. The zero-order valence-electron chi connectivity index (χ0n) is 19.4. The summed E-state index contributed by atoms with van der Waals surface area (Å²) >= 11 is 1.48. The molecule has 1 aromatic carbocycles. The summed E-state index contributed by atoms with van der Waals surface area (Å²) in [6.45, 7) is 5.61. The van der Waals surface area contributed by atoms with Crippen LogP contribution >= 0.6 is 11.8 Å². The molecular weight excluding hydrogens is 438 g/mol. The molecule has 3 aliphatic rings. The van der Waals surface area contributed by atoms with E-state index in [4.69, 9.17) is 4.99 Å². The molecule has 1 unspecified atom stereocenters. The van der Waals surface area contributed by atoms with Crippen molar-refractivity contribution in [2.75, 3.05) is 40.3 Å². The summed E-state index contributed by atoms with van der Waals surface area (Å²) in [5, 5.41) is 2.75. The van der Waals surface area contributed by atoms with E-state index in [2.05, 4.69) is 0 Å². The Morgan fingerprint density at radius 2 is 1.70 bits per heavy atom. The summed E-state index contributed by atoms with van der Waals surface area (Å²) in [5.74, 6) is -0.0333. The summed E-state index contributed by atoms with van der Waals surface area (Å²) in [7, 11) is 3.48. The molecule has 174 valence electrons. The highest BCUT2D eigenvalue weighted by molar-refractivity contribution is 8.16. The number of nitrogens with zero attached hydrogens (tertiary/aromatic N) is 5. The molecular formula is C24H29N5O3S. The fraction of sp³-hybridized carbons (Fsp3) is 0.417. The normalized spacial score (nSPS) is 20.4. The SMILES string of the molecule is CC(=O)N1CCN(C(=O)CC2=CSC3=NC(C)=C(C(=O)N(C)C)C(c4ccccc4)N23)CC1. The number of rotatable bonds is 4. The lowest BCUT2D eigenvalue weighted by Crippen LogP contribution is -2.50. The van der Waals surface area contributed by atoms with Crippen LogP contribution < -0.4 is 0 Å². The van der Waals surface area contributed by atoms with Gasteiger partial charge in [-0.2, -0.15) is 0 Å². The fourth-order valence-electron chi connectivity index (χ4n) is 4.37. The first-order valence-corrected chi connectivity index (χ1v) is 11.9. The summed E-state index contributed by atoms with van der Waals surface area (Å²) in [6.07, 6.45) is 0.220. The van der Waals surface area contributed by atoms with Crippen LogP contribution in [0.1, 0.15) is 31.9 Å². The number of thioether (sulfide) groups is 1. The minimum absolute atomic E-state index is 0.0184. The lowest BCUT2D eigenvalue weighted by molar-refractivity contribution is -0.138. The van der Waals surface area contributed by atoms with E-state index in [1.807, 2.05) is 52.5 Å². The number of amides is 3. The summed E-state index contributed by atoms with van der Waals surface area (Å²) in [4.78, 5) is 49.8. The predicted octanol–water partition coefficient (Wildman–Crippen LogP) is 2.43. The molecule has 3 heterocycles. The molecule has 0 aromatic heterocycles. The fourth-order valence-corrected chi connectivity index (χ4v) is 5.34. The van der Waals surface area contributed by atoms with Crippen LogP contribution in [-0.4, -0.2) is 82.8 Å². The van der Waals surface area contributed by atoms with Crippen molar-refractivity contribution in [3.8, 4) is 0 Å². The molecule has 1 aromatic rings. The van der Waals surface area contributed by atoms with Gasteiger partial charge in [0.15, 0.2) is 5.17 Å². The molecule has 0 N–H and O–H groups in total. The van der Waals surface area contributed by atoms with E-state index in [-0.39, 0.29) is 30.2 Å².